The van der Waals surface area contributed by atoms with Gasteiger partial charge in [0.25, 0.3) is 0 Å². The van der Waals surface area contributed by atoms with Gasteiger partial charge < -0.3 is 47.6 Å². The van der Waals surface area contributed by atoms with Crippen LogP contribution in [0.2, 0.25) is 16.6 Å². The summed E-state index contributed by atoms with van der Waals surface area (Å²) in [7, 11) is -3.04. The minimum absolute atomic E-state index is 0.0288. The van der Waals surface area contributed by atoms with Gasteiger partial charge in [-0.05, 0) is 85.0 Å². The molecule has 1 amide bonds. The summed E-state index contributed by atoms with van der Waals surface area (Å²) in [6, 6.07) is 16.1. The minimum Gasteiger partial charge on any atom is -0.462 e. The molecule has 1 heterocycles. The van der Waals surface area contributed by atoms with E-state index < -0.39 is 133 Å². The fourth-order valence-corrected chi connectivity index (χ4v) is 19.0. The molecule has 6 rings (SSSR count). The quantitative estimate of drug-likeness (QED) is 0.0716. The first-order valence-electron chi connectivity index (χ1n) is 26.6. The van der Waals surface area contributed by atoms with Crippen molar-refractivity contribution in [3.63, 3.8) is 0 Å². The van der Waals surface area contributed by atoms with Gasteiger partial charge in [-0.15, -0.1) is 0 Å². The van der Waals surface area contributed by atoms with E-state index in [2.05, 4.69) is 46.9 Å². The van der Waals surface area contributed by atoms with Gasteiger partial charge in [-0.3, -0.25) is 19.2 Å². The number of hydrogen-bond donors (Lipinski definition) is 1. The lowest BCUT2D eigenvalue weighted by Gasteiger charge is -2.68. The van der Waals surface area contributed by atoms with Crippen molar-refractivity contribution in [1.29, 1.82) is 0 Å². The van der Waals surface area contributed by atoms with E-state index in [1.165, 1.54) is 27.7 Å². The number of carbonyl (C=O) groups is 7. The topological polar surface area (TPSA) is 215 Å². The van der Waals surface area contributed by atoms with Crippen LogP contribution in [0.1, 0.15) is 153 Å². The van der Waals surface area contributed by atoms with Gasteiger partial charge in [0.15, 0.2) is 23.9 Å². The number of benzene rings is 2. The van der Waals surface area contributed by atoms with Gasteiger partial charge >= 0.3 is 41.9 Å². The zero-order chi connectivity index (χ0) is 56.6. The summed E-state index contributed by atoms with van der Waals surface area (Å²) in [6.07, 6.45) is -9.99. The number of hydrogen-bond acceptors (Lipinski definition) is 16. The van der Waals surface area contributed by atoms with Crippen molar-refractivity contribution in [2.45, 2.75) is 207 Å². The Hall–Kier alpha value is -5.59. The second kappa shape index (κ2) is 22.8. The molecule has 1 N–H and O–H groups in total. The molecule has 2 aromatic rings. The number of carbonyl (C=O) groups excluding carboxylic acids is 7. The lowest BCUT2D eigenvalue weighted by atomic mass is 9.45. The van der Waals surface area contributed by atoms with E-state index in [9.17, 15) is 28.8 Å². The van der Waals surface area contributed by atoms with Crippen LogP contribution in [0.15, 0.2) is 71.8 Å². The fourth-order valence-electron chi connectivity index (χ4n) is 13.6. The molecule has 2 aromatic carbocycles. The van der Waals surface area contributed by atoms with Gasteiger partial charge in [-0.25, -0.2) is 14.4 Å². The van der Waals surface area contributed by atoms with Gasteiger partial charge in [0.2, 0.25) is 8.32 Å². The predicted molar refractivity (Wildman–Crippen MR) is 282 cm³/mol. The Morgan fingerprint density at radius 3 is 1.75 bits per heavy atom. The summed E-state index contributed by atoms with van der Waals surface area (Å²) < 4.78 is 58.7. The molecule has 0 unspecified atom stereocenters. The van der Waals surface area contributed by atoms with Gasteiger partial charge in [-0.2, -0.15) is 0 Å². The van der Waals surface area contributed by atoms with Crippen molar-refractivity contribution < 1.29 is 75.9 Å². The lowest BCUT2D eigenvalue weighted by molar-refractivity contribution is -0.355. The Bertz CT molecular complexity index is 2500. The molecule has 3 aliphatic carbocycles. The summed E-state index contributed by atoms with van der Waals surface area (Å²) in [6.45, 7) is 29.6. The highest BCUT2D eigenvalue weighted by Gasteiger charge is 2.77. The molecule has 76 heavy (non-hydrogen) atoms. The molecule has 18 heteroatoms. The van der Waals surface area contributed by atoms with E-state index in [4.69, 9.17) is 42.3 Å². The SMILES string of the molecule is CC(=O)O[C@@H]1C2=C(C)[C@@H](OC(=O)[C@H](O[Si](C(C)C)(C(C)C)C(C)C)[C@@H](NC(=O)OC(C)(C)C)c3ccccc3)C[C@@H]([C@@H](OC(=O)c3ccccc3)[C@@H]3[C@]4(OC(C)=O)CO[C@@H]4C[C@H](OC(C)=O)[C@@]3(C)[C@H]1OC(C)=O)C2(C)C. The molecule has 1 saturated heterocycles. The fraction of sp³-hybridized carbons (Fsp3) is 0.638. The van der Waals surface area contributed by atoms with Crippen molar-refractivity contribution in [3.8, 4) is 0 Å². The Balaban J connectivity index is 1.67. The zero-order valence-electron chi connectivity index (χ0n) is 47.4. The second-order valence-corrected chi connectivity index (χ2v) is 29.2. The standard InChI is InChI=1S/C58H81NO16Si/c1-31(2)76(32(3)4,33(5)6)75-49(46(39-24-20-18-21-25-39)59-54(66)74-55(12,13)14)53(65)71-42-28-41-47(72-52(64)40-26-22-19-23-27-40)50-57(17,43(68-35(8)60)29-44-58(50,30-67-44)73-38(11)63)51(70-37(10)62)48(69-36(9)61)45(34(42)7)56(41,15)16/h18-27,31-33,41-44,46-51H,28-30H2,1-17H3,(H,59,66)/t41-,42-,43-,44+,46-,47+,48+,49+,50-,51-,57+,58-/m0/s1. The Morgan fingerprint density at radius 1 is 0.711 bits per heavy atom. The highest BCUT2D eigenvalue weighted by atomic mass is 28.4. The zero-order valence-corrected chi connectivity index (χ0v) is 48.4. The number of alkyl carbamates (subject to hydrolysis) is 1. The Morgan fingerprint density at radius 2 is 1.26 bits per heavy atom. The lowest BCUT2D eigenvalue weighted by Crippen LogP contribution is -2.80. The van der Waals surface area contributed by atoms with E-state index >= 15 is 4.79 Å². The van der Waals surface area contributed by atoms with Gasteiger partial charge in [0, 0.05) is 40.0 Å². The molecule has 0 aromatic heterocycles. The summed E-state index contributed by atoms with van der Waals surface area (Å²) in [5, 5.41) is 2.99. The number of ether oxygens (including phenoxy) is 8. The van der Waals surface area contributed by atoms with Gasteiger partial charge in [-0.1, -0.05) is 111 Å². The minimum atomic E-state index is -3.04. The van der Waals surface area contributed by atoms with E-state index in [1.807, 2.05) is 19.9 Å². The van der Waals surface area contributed by atoms with E-state index in [0.29, 0.717) is 16.7 Å². The molecule has 12 atom stereocenters. The number of nitrogens with one attached hydrogen (secondary N) is 1. The first-order valence-corrected chi connectivity index (χ1v) is 28.7. The number of fused-ring (bicyclic) bond motifs is 5. The average molecular weight is 1080 g/mol. The molecule has 3 fully saturated rings. The largest absolute Gasteiger partial charge is 0.462 e. The molecule has 418 valence electrons. The third-order valence-electron chi connectivity index (χ3n) is 16.4. The van der Waals surface area contributed by atoms with Crippen LogP contribution >= 0.6 is 0 Å². The van der Waals surface area contributed by atoms with Crippen LogP contribution < -0.4 is 5.32 Å². The first kappa shape index (κ1) is 59.6. The molecular formula is C58H81NO16Si. The van der Waals surface area contributed by atoms with Crippen LogP contribution in [-0.2, 0) is 66.3 Å². The van der Waals surface area contributed by atoms with Crippen molar-refractivity contribution in [2.24, 2.45) is 22.7 Å². The summed E-state index contributed by atoms with van der Waals surface area (Å²) >= 11 is 0. The molecule has 17 nitrogen and oxygen atoms in total. The maximum atomic E-state index is 15.9. The third-order valence-corrected chi connectivity index (χ3v) is 22.5. The molecule has 4 aliphatic rings. The van der Waals surface area contributed by atoms with Crippen LogP contribution in [0.4, 0.5) is 4.79 Å². The van der Waals surface area contributed by atoms with Gasteiger partial charge in [0.05, 0.1) is 29.5 Å². The summed E-state index contributed by atoms with van der Waals surface area (Å²) in [4.78, 5) is 99.0. The number of amides is 1. The Labute approximate surface area is 449 Å². The van der Waals surface area contributed by atoms with Gasteiger partial charge in [0.1, 0.15) is 30.0 Å². The Kier molecular flexibility index (Phi) is 17.9. The number of esters is 6. The molecular weight excluding hydrogens is 995 g/mol. The average Bonchev–Trinajstić information content (AvgIpc) is 3.29. The molecule has 2 bridgehead atoms. The van der Waals surface area contributed by atoms with E-state index in [1.54, 1.807) is 89.2 Å². The molecule has 2 saturated carbocycles. The van der Waals surface area contributed by atoms with Crippen LogP contribution in [0.25, 0.3) is 0 Å². The number of rotatable bonds is 16. The highest BCUT2D eigenvalue weighted by molar-refractivity contribution is 6.77. The van der Waals surface area contributed by atoms with E-state index in [-0.39, 0.29) is 41.6 Å². The summed E-state index contributed by atoms with van der Waals surface area (Å²) in [5.74, 6) is -6.65. The van der Waals surface area contributed by atoms with Crippen molar-refractivity contribution in [1.82, 2.24) is 5.32 Å². The normalized spacial score (nSPS) is 28.7. The van der Waals surface area contributed by atoms with Crippen LogP contribution in [0.3, 0.4) is 0 Å². The molecule has 0 spiro atoms. The second-order valence-electron chi connectivity index (χ2n) is 23.8. The monoisotopic (exact) mass is 1080 g/mol. The predicted octanol–water partition coefficient (Wildman–Crippen LogP) is 9.85. The molecule has 1 aliphatic heterocycles. The molecule has 0 radical (unpaired) electrons. The van der Waals surface area contributed by atoms with Crippen LogP contribution in [0.5, 0.6) is 0 Å². The first-order chi connectivity index (χ1) is 35.3. The maximum absolute atomic E-state index is 15.9. The smallest absolute Gasteiger partial charge is 0.408 e. The van der Waals surface area contributed by atoms with Crippen molar-refractivity contribution >= 4 is 50.2 Å². The van der Waals surface area contributed by atoms with Crippen molar-refractivity contribution in [3.05, 3.63) is 82.9 Å². The van der Waals surface area contributed by atoms with Crippen LogP contribution in [0, 0.1) is 22.7 Å². The summed E-state index contributed by atoms with van der Waals surface area (Å²) in [5.41, 5.74) is -3.92. The third kappa shape index (κ3) is 11.6. The van der Waals surface area contributed by atoms with E-state index in [0.717, 1.165) is 0 Å². The van der Waals surface area contributed by atoms with Crippen LogP contribution in [-0.4, -0.2) is 111 Å². The highest BCUT2D eigenvalue weighted by Crippen LogP contribution is 2.65. The maximum Gasteiger partial charge on any atom is 0.408 e. The van der Waals surface area contributed by atoms with Crippen molar-refractivity contribution in [2.75, 3.05) is 6.61 Å².